The number of hydrogen-bond donors (Lipinski definition) is 0. The molecule has 5 heteroatoms. The van der Waals surface area contributed by atoms with Crippen LogP contribution in [-0.2, 0) is 0 Å². The van der Waals surface area contributed by atoms with E-state index in [2.05, 4.69) is 5.10 Å². The third kappa shape index (κ3) is 2.04. The molecule has 0 aliphatic heterocycles. The fourth-order valence-corrected chi connectivity index (χ4v) is 2.01. The first-order valence-electron chi connectivity index (χ1n) is 5.54. The van der Waals surface area contributed by atoms with Gasteiger partial charge in [-0.2, -0.15) is 5.10 Å². The standard InChI is InChI=1S/C13H12ClFN2O/c1-8(2)12-9(7-18)13(14)17(16-12)11-6-4-3-5-10(11)15/h3-8H,1-2H3. The Morgan fingerprint density at radius 1 is 1.39 bits per heavy atom. The lowest BCUT2D eigenvalue weighted by Crippen LogP contribution is -2.00. The van der Waals surface area contributed by atoms with Crippen molar-refractivity contribution in [3.05, 3.63) is 46.5 Å². The first-order valence-corrected chi connectivity index (χ1v) is 5.92. The van der Waals surface area contributed by atoms with Crippen molar-refractivity contribution >= 4 is 17.9 Å². The van der Waals surface area contributed by atoms with Gasteiger partial charge in [-0.3, -0.25) is 4.79 Å². The summed E-state index contributed by atoms with van der Waals surface area (Å²) in [6, 6.07) is 6.15. The van der Waals surface area contributed by atoms with Crippen molar-refractivity contribution in [1.29, 1.82) is 0 Å². The van der Waals surface area contributed by atoms with Gasteiger partial charge in [0.25, 0.3) is 0 Å². The Bertz CT molecular complexity index is 593. The molecule has 2 rings (SSSR count). The summed E-state index contributed by atoms with van der Waals surface area (Å²) in [5.41, 5.74) is 1.12. The predicted molar refractivity (Wildman–Crippen MR) is 68.0 cm³/mol. The second-order valence-electron chi connectivity index (χ2n) is 4.23. The van der Waals surface area contributed by atoms with Crippen molar-refractivity contribution in [1.82, 2.24) is 9.78 Å². The van der Waals surface area contributed by atoms with Crippen molar-refractivity contribution in [3.8, 4) is 5.69 Å². The Morgan fingerprint density at radius 3 is 2.56 bits per heavy atom. The van der Waals surface area contributed by atoms with Crippen LogP contribution in [0, 0.1) is 5.82 Å². The Balaban J connectivity index is 2.67. The smallest absolute Gasteiger partial charge is 0.155 e. The lowest BCUT2D eigenvalue weighted by atomic mass is 10.1. The summed E-state index contributed by atoms with van der Waals surface area (Å²) in [6.45, 7) is 3.80. The second-order valence-corrected chi connectivity index (χ2v) is 4.58. The molecule has 0 fully saturated rings. The van der Waals surface area contributed by atoms with Crippen LogP contribution in [-0.4, -0.2) is 16.1 Å². The topological polar surface area (TPSA) is 34.9 Å². The van der Waals surface area contributed by atoms with E-state index in [0.29, 0.717) is 17.5 Å². The minimum Gasteiger partial charge on any atom is -0.298 e. The van der Waals surface area contributed by atoms with Gasteiger partial charge in [-0.25, -0.2) is 9.07 Å². The number of aldehydes is 1. The van der Waals surface area contributed by atoms with Crippen molar-refractivity contribution < 1.29 is 9.18 Å². The van der Waals surface area contributed by atoms with Crippen LogP contribution in [0.2, 0.25) is 5.15 Å². The molecule has 2 aromatic rings. The fraction of sp³-hybridized carbons (Fsp3) is 0.231. The van der Waals surface area contributed by atoms with Crippen molar-refractivity contribution in [2.24, 2.45) is 0 Å². The van der Waals surface area contributed by atoms with Gasteiger partial charge in [0.2, 0.25) is 0 Å². The highest BCUT2D eigenvalue weighted by Crippen LogP contribution is 2.27. The van der Waals surface area contributed by atoms with Gasteiger partial charge in [0.15, 0.2) is 6.29 Å². The van der Waals surface area contributed by atoms with E-state index in [1.54, 1.807) is 18.2 Å². The second kappa shape index (κ2) is 4.90. The quantitative estimate of drug-likeness (QED) is 0.796. The molecule has 0 aliphatic rings. The first kappa shape index (κ1) is 12.8. The van der Waals surface area contributed by atoms with Gasteiger partial charge in [-0.05, 0) is 18.1 Å². The zero-order valence-corrected chi connectivity index (χ0v) is 10.8. The highest BCUT2D eigenvalue weighted by atomic mass is 35.5. The molecule has 0 atom stereocenters. The molecule has 0 bridgehead atoms. The van der Waals surface area contributed by atoms with Gasteiger partial charge in [-0.1, -0.05) is 37.6 Å². The molecule has 0 spiro atoms. The Hall–Kier alpha value is -1.68. The molecular formula is C13H12ClFN2O. The van der Waals surface area contributed by atoms with E-state index in [9.17, 15) is 9.18 Å². The van der Waals surface area contributed by atoms with Gasteiger partial charge in [-0.15, -0.1) is 0 Å². The summed E-state index contributed by atoms with van der Waals surface area (Å²) >= 11 is 6.08. The van der Waals surface area contributed by atoms with Crippen LogP contribution in [0.5, 0.6) is 0 Å². The lowest BCUT2D eigenvalue weighted by molar-refractivity contribution is 0.112. The van der Waals surface area contributed by atoms with Crippen LogP contribution < -0.4 is 0 Å². The van der Waals surface area contributed by atoms with Crippen LogP contribution in [0.15, 0.2) is 24.3 Å². The minimum absolute atomic E-state index is 0.0377. The number of carbonyl (C=O) groups is 1. The SMILES string of the molecule is CC(C)c1nn(-c2ccccc2F)c(Cl)c1C=O. The molecule has 0 saturated heterocycles. The molecule has 18 heavy (non-hydrogen) atoms. The molecule has 0 N–H and O–H groups in total. The van der Waals surface area contributed by atoms with Crippen molar-refractivity contribution in [2.75, 3.05) is 0 Å². The third-order valence-corrected chi connectivity index (χ3v) is 3.00. The van der Waals surface area contributed by atoms with Crippen LogP contribution in [0.1, 0.15) is 35.8 Å². The van der Waals surface area contributed by atoms with E-state index in [4.69, 9.17) is 11.6 Å². The first-order chi connectivity index (χ1) is 8.56. The molecule has 0 unspecified atom stereocenters. The Kier molecular flexibility index (Phi) is 3.48. The monoisotopic (exact) mass is 266 g/mol. The number of aromatic nitrogens is 2. The van der Waals surface area contributed by atoms with E-state index < -0.39 is 5.82 Å². The lowest BCUT2D eigenvalue weighted by Gasteiger charge is -2.04. The summed E-state index contributed by atoms with van der Waals surface area (Å²) < 4.78 is 15.0. The maximum atomic E-state index is 13.7. The highest BCUT2D eigenvalue weighted by molar-refractivity contribution is 6.32. The van der Waals surface area contributed by atoms with Crippen LogP contribution >= 0.6 is 11.6 Å². The summed E-state index contributed by atoms with van der Waals surface area (Å²) in [5.74, 6) is -0.398. The van der Waals surface area contributed by atoms with Crippen molar-refractivity contribution in [3.63, 3.8) is 0 Å². The van der Waals surface area contributed by atoms with Gasteiger partial charge in [0.05, 0.1) is 11.3 Å². The zero-order valence-electron chi connectivity index (χ0n) is 10.0. The number of benzene rings is 1. The molecule has 1 aromatic heterocycles. The average molecular weight is 267 g/mol. The van der Waals surface area contributed by atoms with E-state index in [-0.39, 0.29) is 16.8 Å². The molecule has 1 heterocycles. The Labute approximate surface area is 109 Å². The number of carbonyl (C=O) groups excluding carboxylic acids is 1. The molecule has 0 amide bonds. The summed E-state index contributed by atoms with van der Waals surface area (Å²) in [7, 11) is 0. The summed E-state index contributed by atoms with van der Waals surface area (Å²) in [5, 5.41) is 4.36. The number of para-hydroxylation sites is 1. The van der Waals surface area contributed by atoms with Crippen molar-refractivity contribution in [2.45, 2.75) is 19.8 Å². The van der Waals surface area contributed by atoms with Gasteiger partial charge < -0.3 is 0 Å². The Morgan fingerprint density at radius 2 is 2.06 bits per heavy atom. The maximum absolute atomic E-state index is 13.7. The number of hydrogen-bond acceptors (Lipinski definition) is 2. The summed E-state index contributed by atoms with van der Waals surface area (Å²) in [6.07, 6.45) is 0.655. The van der Waals surface area contributed by atoms with E-state index in [0.717, 1.165) is 0 Å². The highest BCUT2D eigenvalue weighted by Gasteiger charge is 2.20. The van der Waals surface area contributed by atoms with E-state index in [1.165, 1.54) is 10.7 Å². The van der Waals surface area contributed by atoms with E-state index >= 15 is 0 Å². The largest absolute Gasteiger partial charge is 0.298 e. The van der Waals surface area contributed by atoms with Crippen LogP contribution in [0.25, 0.3) is 5.69 Å². The summed E-state index contributed by atoms with van der Waals surface area (Å²) in [4.78, 5) is 11.1. The molecular weight excluding hydrogens is 255 g/mol. The molecule has 94 valence electrons. The molecule has 1 aromatic carbocycles. The third-order valence-electron chi connectivity index (χ3n) is 2.64. The number of rotatable bonds is 3. The van der Waals surface area contributed by atoms with E-state index in [1.807, 2.05) is 13.8 Å². The fourth-order valence-electron chi connectivity index (χ4n) is 1.74. The molecule has 0 saturated carbocycles. The van der Waals surface area contributed by atoms with Gasteiger partial charge in [0, 0.05) is 0 Å². The molecule has 0 radical (unpaired) electrons. The van der Waals surface area contributed by atoms with Crippen LogP contribution in [0.4, 0.5) is 4.39 Å². The zero-order chi connectivity index (χ0) is 13.3. The van der Waals surface area contributed by atoms with Crippen LogP contribution in [0.3, 0.4) is 0 Å². The number of halogens is 2. The number of nitrogens with zero attached hydrogens (tertiary/aromatic N) is 2. The average Bonchev–Trinajstić information content (AvgIpc) is 2.67. The molecule has 3 nitrogen and oxygen atoms in total. The molecule has 0 aliphatic carbocycles. The van der Waals surface area contributed by atoms with Gasteiger partial charge in [0.1, 0.15) is 16.7 Å². The maximum Gasteiger partial charge on any atom is 0.155 e. The normalized spacial score (nSPS) is 10.9. The van der Waals surface area contributed by atoms with Gasteiger partial charge >= 0.3 is 0 Å². The minimum atomic E-state index is -0.436. The predicted octanol–water partition coefficient (Wildman–Crippen LogP) is 3.60.